The predicted octanol–water partition coefficient (Wildman–Crippen LogP) is 6.93. The number of fused-ring (bicyclic) bond motifs is 6. The normalized spacial score (nSPS) is 11.2. The average Bonchev–Trinajstić information content (AvgIpc) is 2.87. The number of aromatic nitrogens is 4. The standard InChI is InChI=1S/C28H20N4O2/c1-17-18(2)30-25-23(29-17)21-15-9-10-16-22(21)24-26(25)32-28(34-20-13-7-4-8-14-20)27(31-24)33-19-11-5-3-6-12-19/h3-16H,1-2H3. The lowest BCUT2D eigenvalue weighted by Crippen LogP contribution is -2.01. The van der Waals surface area contributed by atoms with Gasteiger partial charge in [0.05, 0.1) is 16.9 Å². The summed E-state index contributed by atoms with van der Waals surface area (Å²) in [7, 11) is 0. The van der Waals surface area contributed by atoms with Crippen molar-refractivity contribution in [1.82, 2.24) is 19.9 Å². The summed E-state index contributed by atoms with van der Waals surface area (Å²) in [4.78, 5) is 19.5. The monoisotopic (exact) mass is 444 g/mol. The summed E-state index contributed by atoms with van der Waals surface area (Å²) < 4.78 is 12.3. The molecule has 0 fully saturated rings. The molecule has 0 spiro atoms. The molecule has 164 valence electrons. The fraction of sp³-hybridized carbons (Fsp3) is 0.0714. The van der Waals surface area contributed by atoms with E-state index in [4.69, 9.17) is 29.4 Å². The van der Waals surface area contributed by atoms with Gasteiger partial charge in [-0.05, 0) is 38.1 Å². The Morgan fingerprint density at radius 3 is 1.35 bits per heavy atom. The van der Waals surface area contributed by atoms with Crippen molar-refractivity contribution in [2.75, 3.05) is 0 Å². The largest absolute Gasteiger partial charge is 0.435 e. The highest BCUT2D eigenvalue weighted by Crippen LogP contribution is 2.38. The fourth-order valence-corrected chi connectivity index (χ4v) is 3.94. The van der Waals surface area contributed by atoms with Gasteiger partial charge in [-0.3, -0.25) is 0 Å². The molecule has 0 aliphatic rings. The summed E-state index contributed by atoms with van der Waals surface area (Å²) in [6.45, 7) is 3.91. The van der Waals surface area contributed by atoms with Crippen molar-refractivity contribution in [3.63, 3.8) is 0 Å². The second-order valence-electron chi connectivity index (χ2n) is 8.00. The summed E-state index contributed by atoms with van der Waals surface area (Å²) >= 11 is 0. The van der Waals surface area contributed by atoms with Gasteiger partial charge in [0.25, 0.3) is 11.8 Å². The van der Waals surface area contributed by atoms with Crippen molar-refractivity contribution < 1.29 is 9.47 Å². The molecule has 0 unspecified atom stereocenters. The molecule has 6 heteroatoms. The zero-order valence-corrected chi connectivity index (χ0v) is 18.7. The van der Waals surface area contributed by atoms with Crippen LogP contribution in [0, 0.1) is 13.8 Å². The van der Waals surface area contributed by atoms with E-state index in [1.165, 1.54) is 0 Å². The molecule has 2 aromatic heterocycles. The van der Waals surface area contributed by atoms with Gasteiger partial charge >= 0.3 is 0 Å². The first-order chi connectivity index (χ1) is 16.7. The van der Waals surface area contributed by atoms with Crippen LogP contribution in [0.2, 0.25) is 0 Å². The zero-order valence-electron chi connectivity index (χ0n) is 18.7. The average molecular weight is 444 g/mol. The Bertz CT molecular complexity index is 1670. The Balaban J connectivity index is 1.68. The predicted molar refractivity (Wildman–Crippen MR) is 133 cm³/mol. The van der Waals surface area contributed by atoms with Crippen LogP contribution in [-0.4, -0.2) is 19.9 Å². The van der Waals surface area contributed by atoms with Gasteiger partial charge in [-0.15, -0.1) is 0 Å². The van der Waals surface area contributed by atoms with Gasteiger partial charge in [0.15, 0.2) is 0 Å². The van der Waals surface area contributed by atoms with E-state index in [9.17, 15) is 0 Å². The van der Waals surface area contributed by atoms with Crippen LogP contribution in [0.5, 0.6) is 23.3 Å². The molecule has 0 saturated heterocycles. The van der Waals surface area contributed by atoms with Gasteiger partial charge in [-0.25, -0.2) is 19.9 Å². The van der Waals surface area contributed by atoms with Crippen molar-refractivity contribution in [3.8, 4) is 23.3 Å². The van der Waals surface area contributed by atoms with Crippen molar-refractivity contribution in [2.24, 2.45) is 0 Å². The van der Waals surface area contributed by atoms with Crippen LogP contribution in [0.3, 0.4) is 0 Å². The van der Waals surface area contributed by atoms with Gasteiger partial charge in [0.1, 0.15) is 28.0 Å². The Morgan fingerprint density at radius 1 is 0.441 bits per heavy atom. The van der Waals surface area contributed by atoms with Crippen molar-refractivity contribution in [1.29, 1.82) is 0 Å². The van der Waals surface area contributed by atoms with E-state index in [-0.39, 0.29) is 11.8 Å². The lowest BCUT2D eigenvalue weighted by atomic mass is 10.1. The number of ether oxygens (including phenoxy) is 2. The maximum Gasteiger partial charge on any atom is 0.284 e. The van der Waals surface area contributed by atoms with Crippen LogP contribution >= 0.6 is 0 Å². The summed E-state index contributed by atoms with van der Waals surface area (Å²) in [6, 6.07) is 27.0. The Hall–Kier alpha value is -4.58. The second-order valence-corrected chi connectivity index (χ2v) is 8.00. The molecule has 0 atom stereocenters. The van der Waals surface area contributed by atoms with Crippen LogP contribution in [-0.2, 0) is 0 Å². The smallest absolute Gasteiger partial charge is 0.284 e. The minimum Gasteiger partial charge on any atom is -0.435 e. The molecule has 0 saturated carbocycles. The number of hydrogen-bond donors (Lipinski definition) is 0. The first-order valence-electron chi connectivity index (χ1n) is 11.0. The molecule has 0 bridgehead atoms. The van der Waals surface area contributed by atoms with E-state index in [1.54, 1.807) is 0 Å². The first-order valence-corrected chi connectivity index (χ1v) is 11.0. The molecule has 34 heavy (non-hydrogen) atoms. The second kappa shape index (κ2) is 8.08. The van der Waals surface area contributed by atoms with E-state index < -0.39 is 0 Å². The highest BCUT2D eigenvalue weighted by molar-refractivity contribution is 6.20. The van der Waals surface area contributed by atoms with E-state index in [0.717, 1.165) is 27.7 Å². The first kappa shape index (κ1) is 20.1. The zero-order chi connectivity index (χ0) is 23.1. The summed E-state index contributed by atoms with van der Waals surface area (Å²) in [5.41, 5.74) is 4.52. The Labute approximate surface area is 195 Å². The van der Waals surface area contributed by atoms with Gasteiger partial charge in [0.2, 0.25) is 0 Å². The molecule has 6 rings (SSSR count). The lowest BCUT2D eigenvalue weighted by molar-refractivity contribution is 0.395. The van der Waals surface area contributed by atoms with Gasteiger partial charge < -0.3 is 9.47 Å². The van der Waals surface area contributed by atoms with E-state index in [1.807, 2.05) is 98.8 Å². The van der Waals surface area contributed by atoms with Crippen molar-refractivity contribution in [2.45, 2.75) is 13.8 Å². The maximum absolute atomic E-state index is 6.16. The summed E-state index contributed by atoms with van der Waals surface area (Å²) in [5, 5.41) is 1.90. The highest BCUT2D eigenvalue weighted by Gasteiger charge is 2.20. The topological polar surface area (TPSA) is 70.0 Å². The Kier molecular flexibility index (Phi) is 4.77. The minimum atomic E-state index is 0.263. The van der Waals surface area contributed by atoms with Crippen LogP contribution < -0.4 is 9.47 Å². The quantitative estimate of drug-likeness (QED) is 0.275. The molecule has 6 aromatic rings. The molecule has 0 aliphatic carbocycles. The number of hydrogen-bond acceptors (Lipinski definition) is 6. The van der Waals surface area contributed by atoms with Crippen LogP contribution in [0.25, 0.3) is 32.8 Å². The number of nitrogens with zero attached hydrogens (tertiary/aromatic N) is 4. The van der Waals surface area contributed by atoms with Crippen LogP contribution in [0.15, 0.2) is 84.9 Å². The molecular weight excluding hydrogens is 424 g/mol. The van der Waals surface area contributed by atoms with Crippen molar-refractivity contribution in [3.05, 3.63) is 96.3 Å². The number of aryl methyl sites for hydroxylation is 2. The number of para-hydroxylation sites is 2. The molecule has 4 aromatic carbocycles. The lowest BCUT2D eigenvalue weighted by Gasteiger charge is -2.14. The number of rotatable bonds is 4. The molecule has 0 amide bonds. The third-order valence-electron chi connectivity index (χ3n) is 5.72. The van der Waals surface area contributed by atoms with E-state index in [2.05, 4.69) is 0 Å². The van der Waals surface area contributed by atoms with Crippen LogP contribution in [0.4, 0.5) is 0 Å². The SMILES string of the molecule is Cc1nc2c3ccccc3c3nc(Oc4ccccc4)c(Oc4ccccc4)nc3c2nc1C. The molecule has 0 aliphatic heterocycles. The summed E-state index contributed by atoms with van der Waals surface area (Å²) in [5.74, 6) is 1.82. The number of benzene rings is 4. The molecule has 0 N–H and O–H groups in total. The summed E-state index contributed by atoms with van der Waals surface area (Å²) in [6.07, 6.45) is 0. The molecule has 6 nitrogen and oxygen atoms in total. The van der Waals surface area contributed by atoms with E-state index >= 15 is 0 Å². The van der Waals surface area contributed by atoms with Crippen molar-refractivity contribution >= 4 is 32.8 Å². The van der Waals surface area contributed by atoms with Crippen LogP contribution in [0.1, 0.15) is 11.4 Å². The maximum atomic E-state index is 6.16. The van der Waals surface area contributed by atoms with Gasteiger partial charge in [-0.1, -0.05) is 60.7 Å². The molecule has 0 radical (unpaired) electrons. The van der Waals surface area contributed by atoms with Gasteiger partial charge in [0, 0.05) is 10.8 Å². The third-order valence-corrected chi connectivity index (χ3v) is 5.72. The fourth-order valence-electron chi connectivity index (χ4n) is 3.94. The minimum absolute atomic E-state index is 0.263. The highest BCUT2D eigenvalue weighted by atomic mass is 16.5. The molecular formula is C28H20N4O2. The third kappa shape index (κ3) is 3.46. The Morgan fingerprint density at radius 2 is 0.824 bits per heavy atom. The molecule has 2 heterocycles. The van der Waals surface area contributed by atoms with Gasteiger partial charge in [-0.2, -0.15) is 0 Å². The van der Waals surface area contributed by atoms with E-state index in [0.29, 0.717) is 28.0 Å².